The van der Waals surface area contributed by atoms with E-state index in [0.29, 0.717) is 10.9 Å². The number of halogens is 7. The maximum Gasteiger partial charge on any atom is 0.436 e. The Balaban J connectivity index is 2.32. The van der Waals surface area contributed by atoms with Gasteiger partial charge in [-0.25, -0.2) is 18.4 Å². The van der Waals surface area contributed by atoms with E-state index in [1.54, 1.807) is 0 Å². The molecule has 0 aliphatic carbocycles. The highest BCUT2D eigenvalue weighted by Crippen LogP contribution is 2.40. The zero-order valence-corrected chi connectivity index (χ0v) is 13.7. The Labute approximate surface area is 151 Å². The lowest BCUT2D eigenvalue weighted by molar-refractivity contribution is -0.141. The van der Waals surface area contributed by atoms with E-state index in [2.05, 4.69) is 15.3 Å². The van der Waals surface area contributed by atoms with Crippen LogP contribution in [-0.4, -0.2) is 25.1 Å². The zero-order valence-electron chi connectivity index (χ0n) is 12.2. The van der Waals surface area contributed by atoms with Gasteiger partial charge in [0.1, 0.15) is 0 Å². The number of pyridine rings is 1. The highest BCUT2D eigenvalue weighted by Gasteiger charge is 2.35. The molecule has 0 saturated heterocycles. The summed E-state index contributed by atoms with van der Waals surface area (Å²) in [7, 11) is 0. The Morgan fingerprint density at radius 3 is 2.31 bits per heavy atom. The molecule has 2 aromatic heterocycles. The van der Waals surface area contributed by atoms with Crippen molar-refractivity contribution in [1.29, 1.82) is 0 Å². The van der Waals surface area contributed by atoms with E-state index in [0.717, 1.165) is 18.3 Å². The number of aromatic hydroxyl groups is 1. The summed E-state index contributed by atoms with van der Waals surface area (Å²) in [4.78, 5) is 3.26. The minimum absolute atomic E-state index is 0.332. The van der Waals surface area contributed by atoms with Crippen LogP contribution in [0.25, 0.3) is 16.8 Å². The van der Waals surface area contributed by atoms with Gasteiger partial charge in [0.15, 0.2) is 17.3 Å². The van der Waals surface area contributed by atoms with Gasteiger partial charge in [-0.3, -0.25) is 0 Å². The number of benzene rings is 1. The predicted octanol–water partition coefficient (Wildman–Crippen LogP) is 4.64. The van der Waals surface area contributed by atoms with Gasteiger partial charge in [-0.05, 0) is 12.1 Å². The standard InChI is InChI=1S/C14H5Cl2F5N4O/c15-5-1-2-7(25-4-8(23-24-25)14(19,20)21)10(11(5)17)9-6(16)3-22-13(26)12(9)18/h1-4H,(H,22,26). The van der Waals surface area contributed by atoms with E-state index in [9.17, 15) is 27.1 Å². The van der Waals surface area contributed by atoms with Crippen LogP contribution in [0.2, 0.25) is 10.0 Å². The van der Waals surface area contributed by atoms with Crippen LogP contribution in [0.15, 0.2) is 24.5 Å². The largest absolute Gasteiger partial charge is 0.491 e. The van der Waals surface area contributed by atoms with Gasteiger partial charge in [0.2, 0.25) is 5.88 Å². The van der Waals surface area contributed by atoms with E-state index < -0.39 is 50.6 Å². The molecular formula is C14H5Cl2F5N4O. The van der Waals surface area contributed by atoms with Crippen LogP contribution in [0, 0.1) is 11.6 Å². The van der Waals surface area contributed by atoms with Crippen LogP contribution in [-0.2, 0) is 6.18 Å². The molecule has 0 atom stereocenters. The molecule has 3 rings (SSSR count). The van der Waals surface area contributed by atoms with Crippen LogP contribution in [0.4, 0.5) is 22.0 Å². The third kappa shape index (κ3) is 3.06. The van der Waals surface area contributed by atoms with E-state index in [1.807, 2.05) is 0 Å². The quantitative estimate of drug-likeness (QED) is 0.625. The normalized spacial score (nSPS) is 11.8. The summed E-state index contributed by atoms with van der Waals surface area (Å²) >= 11 is 11.6. The van der Waals surface area contributed by atoms with Crippen molar-refractivity contribution in [2.75, 3.05) is 0 Å². The van der Waals surface area contributed by atoms with E-state index in [4.69, 9.17) is 23.2 Å². The molecule has 0 radical (unpaired) electrons. The first-order valence-electron chi connectivity index (χ1n) is 6.62. The maximum absolute atomic E-state index is 14.6. The molecule has 0 spiro atoms. The fourth-order valence-corrected chi connectivity index (χ4v) is 2.55. The first-order chi connectivity index (χ1) is 12.1. The van der Waals surface area contributed by atoms with Gasteiger partial charge in [-0.2, -0.15) is 13.2 Å². The van der Waals surface area contributed by atoms with Crippen LogP contribution in [0.3, 0.4) is 0 Å². The van der Waals surface area contributed by atoms with Gasteiger partial charge in [-0.1, -0.05) is 28.4 Å². The Morgan fingerprint density at radius 1 is 1.00 bits per heavy atom. The Bertz CT molecular complexity index is 1010. The minimum atomic E-state index is -4.79. The van der Waals surface area contributed by atoms with Gasteiger partial charge < -0.3 is 5.11 Å². The van der Waals surface area contributed by atoms with E-state index in [1.165, 1.54) is 0 Å². The summed E-state index contributed by atoms with van der Waals surface area (Å²) in [6.07, 6.45) is -3.46. The maximum atomic E-state index is 14.6. The lowest BCUT2D eigenvalue weighted by atomic mass is 10.0. The van der Waals surface area contributed by atoms with Crippen molar-refractivity contribution in [2.24, 2.45) is 0 Å². The molecule has 12 heteroatoms. The van der Waals surface area contributed by atoms with Crippen LogP contribution in [0.1, 0.15) is 5.69 Å². The summed E-state index contributed by atoms with van der Waals surface area (Å²) < 4.78 is 67.7. The highest BCUT2D eigenvalue weighted by atomic mass is 35.5. The average Bonchev–Trinajstić information content (AvgIpc) is 3.05. The summed E-state index contributed by atoms with van der Waals surface area (Å²) in [6.45, 7) is 0. The third-order valence-corrected chi connectivity index (χ3v) is 3.89. The Hall–Kier alpha value is -2.46. The molecule has 2 heterocycles. The average molecular weight is 411 g/mol. The molecule has 0 unspecified atom stereocenters. The van der Waals surface area contributed by atoms with Gasteiger partial charge in [0, 0.05) is 11.1 Å². The van der Waals surface area contributed by atoms with Gasteiger partial charge in [-0.15, -0.1) is 5.10 Å². The molecule has 0 amide bonds. The van der Waals surface area contributed by atoms with Crippen LogP contribution < -0.4 is 0 Å². The fraction of sp³-hybridized carbons (Fsp3) is 0.0714. The first-order valence-corrected chi connectivity index (χ1v) is 7.38. The fourth-order valence-electron chi connectivity index (χ4n) is 2.17. The molecule has 0 fully saturated rings. The summed E-state index contributed by atoms with van der Waals surface area (Å²) in [5, 5.41) is 14.8. The van der Waals surface area contributed by atoms with Crippen molar-refractivity contribution in [1.82, 2.24) is 20.0 Å². The van der Waals surface area contributed by atoms with Crippen molar-refractivity contribution in [3.8, 4) is 22.7 Å². The highest BCUT2D eigenvalue weighted by molar-refractivity contribution is 6.34. The second-order valence-electron chi connectivity index (χ2n) is 4.92. The smallest absolute Gasteiger partial charge is 0.436 e. The van der Waals surface area contributed by atoms with Gasteiger partial charge in [0.05, 0.1) is 28.1 Å². The molecule has 0 saturated carbocycles. The number of rotatable bonds is 2. The monoisotopic (exact) mass is 410 g/mol. The van der Waals surface area contributed by atoms with E-state index in [-0.39, 0.29) is 5.69 Å². The molecule has 1 aromatic carbocycles. The Morgan fingerprint density at radius 2 is 1.69 bits per heavy atom. The lowest BCUT2D eigenvalue weighted by Crippen LogP contribution is -2.05. The summed E-state index contributed by atoms with van der Waals surface area (Å²) in [5.41, 5.74) is -2.93. The number of hydrogen-bond acceptors (Lipinski definition) is 4. The molecule has 0 aliphatic rings. The number of hydrogen-bond donors (Lipinski definition) is 1. The summed E-state index contributed by atoms with van der Waals surface area (Å²) in [5.74, 6) is -3.64. The molecule has 5 nitrogen and oxygen atoms in total. The second-order valence-corrected chi connectivity index (χ2v) is 5.73. The van der Waals surface area contributed by atoms with Crippen molar-refractivity contribution in [2.45, 2.75) is 6.18 Å². The first kappa shape index (κ1) is 18.3. The number of alkyl halides is 3. The van der Waals surface area contributed by atoms with Crippen LogP contribution in [0.5, 0.6) is 5.88 Å². The lowest BCUT2D eigenvalue weighted by Gasteiger charge is -2.14. The number of aromatic nitrogens is 4. The Kier molecular flexibility index (Phi) is 4.49. The van der Waals surface area contributed by atoms with Crippen molar-refractivity contribution < 1.29 is 27.1 Å². The second kappa shape index (κ2) is 6.36. The molecule has 136 valence electrons. The van der Waals surface area contributed by atoms with Gasteiger partial charge in [0.25, 0.3) is 0 Å². The molecule has 26 heavy (non-hydrogen) atoms. The number of nitrogens with zero attached hydrogens (tertiary/aromatic N) is 4. The van der Waals surface area contributed by atoms with Crippen molar-refractivity contribution in [3.63, 3.8) is 0 Å². The molecule has 0 bridgehead atoms. The third-order valence-electron chi connectivity index (χ3n) is 3.31. The zero-order chi connectivity index (χ0) is 19.2. The molecule has 1 N–H and O–H groups in total. The van der Waals surface area contributed by atoms with Crippen molar-refractivity contribution >= 4 is 23.2 Å². The van der Waals surface area contributed by atoms with E-state index >= 15 is 0 Å². The molecule has 0 aliphatic heterocycles. The SMILES string of the molecule is Oc1ncc(Cl)c(-c2c(-n3cc(C(F)(F)F)nn3)ccc(Cl)c2F)c1F. The summed E-state index contributed by atoms with van der Waals surface area (Å²) in [6, 6.07) is 2.14. The molecule has 3 aromatic rings. The minimum Gasteiger partial charge on any atom is -0.491 e. The predicted molar refractivity (Wildman–Crippen MR) is 81.2 cm³/mol. The van der Waals surface area contributed by atoms with Crippen LogP contribution >= 0.6 is 23.2 Å². The van der Waals surface area contributed by atoms with Crippen molar-refractivity contribution in [3.05, 3.63) is 51.9 Å². The molecular weight excluding hydrogens is 406 g/mol. The topological polar surface area (TPSA) is 63.8 Å². The van der Waals surface area contributed by atoms with Gasteiger partial charge >= 0.3 is 6.18 Å².